The van der Waals surface area contributed by atoms with Crippen LogP contribution in [-0.2, 0) is 16.1 Å². The van der Waals surface area contributed by atoms with Gasteiger partial charge in [0.15, 0.2) is 0 Å². The number of nitrogens with zero attached hydrogens (tertiary/aromatic N) is 4. The summed E-state index contributed by atoms with van der Waals surface area (Å²) in [6.45, 7) is 4.07. The van der Waals surface area contributed by atoms with Gasteiger partial charge < -0.3 is 9.80 Å². The Hall–Kier alpha value is -1.85. The minimum Gasteiger partial charge on any atom is -0.323 e. The lowest BCUT2D eigenvalue weighted by molar-refractivity contribution is -0.132. The smallest absolute Gasteiger partial charge is 0.243 e. The molecule has 0 spiro atoms. The molecule has 1 aliphatic heterocycles. The van der Waals surface area contributed by atoms with Crippen LogP contribution in [0.4, 0.5) is 0 Å². The van der Waals surface area contributed by atoms with Crippen molar-refractivity contribution in [3.05, 3.63) is 18.0 Å². The van der Waals surface area contributed by atoms with Gasteiger partial charge in [-0.2, -0.15) is 5.10 Å². The summed E-state index contributed by atoms with van der Waals surface area (Å²) in [4.78, 5) is 27.4. The first-order valence-corrected chi connectivity index (χ1v) is 7.16. The number of amides is 2. The Kier molecular flexibility index (Phi) is 3.46. The fourth-order valence-corrected chi connectivity index (χ4v) is 2.49. The summed E-state index contributed by atoms with van der Waals surface area (Å²) >= 11 is 0. The highest BCUT2D eigenvalue weighted by molar-refractivity contribution is 5.87. The lowest BCUT2D eigenvalue weighted by Gasteiger charge is -2.17. The average Bonchev–Trinajstić information content (AvgIpc) is 3.02. The van der Waals surface area contributed by atoms with Crippen LogP contribution in [0.3, 0.4) is 0 Å². The van der Waals surface area contributed by atoms with E-state index in [0.717, 1.165) is 12.1 Å². The van der Waals surface area contributed by atoms with E-state index in [1.165, 1.54) is 12.8 Å². The van der Waals surface area contributed by atoms with Crippen molar-refractivity contribution in [3.8, 4) is 0 Å². The Bertz CT molecular complexity index is 521. The molecule has 1 aromatic rings. The molecule has 2 fully saturated rings. The van der Waals surface area contributed by atoms with Gasteiger partial charge in [-0.05, 0) is 31.2 Å². The molecule has 1 aliphatic carbocycles. The van der Waals surface area contributed by atoms with Crippen LogP contribution in [0.25, 0.3) is 0 Å². The monoisotopic (exact) mass is 276 g/mol. The quantitative estimate of drug-likeness (QED) is 0.792. The molecule has 3 rings (SSSR count). The summed E-state index contributed by atoms with van der Waals surface area (Å²) in [6, 6.07) is 0. The Morgan fingerprint density at radius 1 is 1.45 bits per heavy atom. The van der Waals surface area contributed by atoms with Crippen molar-refractivity contribution in [2.75, 3.05) is 19.8 Å². The zero-order chi connectivity index (χ0) is 14.1. The van der Waals surface area contributed by atoms with Crippen LogP contribution in [0.5, 0.6) is 0 Å². The number of carbonyl (C=O) groups excluding carboxylic acids is 2. The van der Waals surface area contributed by atoms with E-state index in [4.69, 9.17) is 0 Å². The molecule has 2 amide bonds. The summed E-state index contributed by atoms with van der Waals surface area (Å²) in [6.07, 6.45) is 6.53. The zero-order valence-electron chi connectivity index (χ0n) is 11.8. The van der Waals surface area contributed by atoms with Crippen molar-refractivity contribution in [2.45, 2.75) is 32.7 Å². The molecule has 2 aliphatic rings. The van der Waals surface area contributed by atoms with Crippen LogP contribution in [0, 0.1) is 12.8 Å². The van der Waals surface area contributed by atoms with E-state index in [9.17, 15) is 9.59 Å². The van der Waals surface area contributed by atoms with Gasteiger partial charge in [-0.3, -0.25) is 14.3 Å². The highest BCUT2D eigenvalue weighted by Gasteiger charge is 2.34. The van der Waals surface area contributed by atoms with Crippen LogP contribution >= 0.6 is 0 Å². The predicted octanol–water partition coefficient (Wildman–Crippen LogP) is 0.620. The molecule has 1 aromatic heterocycles. The molecule has 2 heterocycles. The summed E-state index contributed by atoms with van der Waals surface area (Å²) in [7, 11) is 0. The molecule has 0 N–H and O–H groups in total. The van der Waals surface area contributed by atoms with Gasteiger partial charge in [0, 0.05) is 25.7 Å². The molecule has 0 atom stereocenters. The van der Waals surface area contributed by atoms with Crippen molar-refractivity contribution in [1.82, 2.24) is 19.6 Å². The molecule has 108 valence electrons. The third-order valence-corrected chi connectivity index (χ3v) is 3.87. The van der Waals surface area contributed by atoms with Gasteiger partial charge in [-0.25, -0.2) is 0 Å². The van der Waals surface area contributed by atoms with E-state index in [1.807, 2.05) is 18.0 Å². The van der Waals surface area contributed by atoms with Gasteiger partial charge in [-0.1, -0.05) is 0 Å². The molecule has 0 radical (unpaired) electrons. The van der Waals surface area contributed by atoms with Crippen LogP contribution < -0.4 is 0 Å². The summed E-state index contributed by atoms with van der Waals surface area (Å²) in [5.74, 6) is 0.783. The van der Waals surface area contributed by atoms with Crippen LogP contribution in [0.1, 0.15) is 24.8 Å². The Morgan fingerprint density at radius 2 is 2.25 bits per heavy atom. The predicted molar refractivity (Wildman–Crippen MR) is 72.6 cm³/mol. The number of aromatic nitrogens is 2. The third-order valence-electron chi connectivity index (χ3n) is 3.87. The molecule has 6 heteroatoms. The van der Waals surface area contributed by atoms with E-state index < -0.39 is 0 Å². The zero-order valence-corrected chi connectivity index (χ0v) is 11.8. The van der Waals surface area contributed by atoms with Crippen LogP contribution in [0.15, 0.2) is 12.4 Å². The number of hydrogen-bond acceptors (Lipinski definition) is 3. The minimum atomic E-state index is 0.0322. The minimum absolute atomic E-state index is 0.0322. The highest BCUT2D eigenvalue weighted by atomic mass is 16.2. The molecule has 1 saturated heterocycles. The van der Waals surface area contributed by atoms with E-state index >= 15 is 0 Å². The number of carbonyl (C=O) groups is 2. The first-order valence-electron chi connectivity index (χ1n) is 7.16. The van der Waals surface area contributed by atoms with Crippen molar-refractivity contribution >= 4 is 11.8 Å². The highest BCUT2D eigenvalue weighted by Crippen LogP contribution is 2.30. The van der Waals surface area contributed by atoms with Crippen molar-refractivity contribution in [1.29, 1.82) is 0 Å². The number of aryl methyl sites for hydroxylation is 2. The molecule has 0 unspecified atom stereocenters. The van der Waals surface area contributed by atoms with Gasteiger partial charge in [0.1, 0.15) is 6.54 Å². The van der Waals surface area contributed by atoms with E-state index in [1.54, 1.807) is 15.8 Å². The second-order valence-corrected chi connectivity index (χ2v) is 5.82. The van der Waals surface area contributed by atoms with Crippen LogP contribution in [0.2, 0.25) is 0 Å². The SMILES string of the molecule is Cc1cnn(CCC(=O)N2CC(=O)N(CC3CC3)C2)c1. The topological polar surface area (TPSA) is 58.4 Å². The lowest BCUT2D eigenvalue weighted by Crippen LogP contribution is -2.32. The van der Waals surface area contributed by atoms with Gasteiger partial charge in [0.25, 0.3) is 0 Å². The van der Waals surface area contributed by atoms with Gasteiger partial charge in [-0.15, -0.1) is 0 Å². The summed E-state index contributed by atoms with van der Waals surface area (Å²) in [5.41, 5.74) is 1.09. The largest absolute Gasteiger partial charge is 0.323 e. The summed E-state index contributed by atoms with van der Waals surface area (Å²) < 4.78 is 1.77. The summed E-state index contributed by atoms with van der Waals surface area (Å²) in [5, 5.41) is 4.16. The fraction of sp³-hybridized carbons (Fsp3) is 0.643. The Balaban J connectivity index is 1.48. The number of hydrogen-bond donors (Lipinski definition) is 0. The second kappa shape index (κ2) is 5.26. The maximum atomic E-state index is 12.1. The molecule has 0 bridgehead atoms. The average molecular weight is 276 g/mol. The van der Waals surface area contributed by atoms with Crippen molar-refractivity contribution < 1.29 is 9.59 Å². The van der Waals surface area contributed by atoms with Gasteiger partial charge >= 0.3 is 0 Å². The first kappa shape index (κ1) is 13.1. The molecule has 0 aromatic carbocycles. The lowest BCUT2D eigenvalue weighted by atomic mass is 10.3. The molecule has 6 nitrogen and oxygen atoms in total. The fourth-order valence-electron chi connectivity index (χ4n) is 2.49. The third kappa shape index (κ3) is 3.00. The molecule has 1 saturated carbocycles. The van der Waals surface area contributed by atoms with E-state index in [0.29, 0.717) is 25.6 Å². The first-order chi connectivity index (χ1) is 9.61. The van der Waals surface area contributed by atoms with Gasteiger partial charge in [0.2, 0.25) is 11.8 Å². The van der Waals surface area contributed by atoms with Crippen molar-refractivity contribution in [2.24, 2.45) is 5.92 Å². The van der Waals surface area contributed by atoms with Crippen LogP contribution in [-0.4, -0.2) is 51.2 Å². The van der Waals surface area contributed by atoms with E-state index in [-0.39, 0.29) is 18.4 Å². The molecular formula is C14H20N4O2. The Morgan fingerprint density at radius 3 is 2.90 bits per heavy atom. The standard InChI is InChI=1S/C14H20N4O2/c1-11-6-15-18(7-11)5-4-13(19)17-9-14(20)16(10-17)8-12-2-3-12/h6-7,12H,2-5,8-10H2,1H3. The normalized spacial score (nSPS) is 18.9. The van der Waals surface area contributed by atoms with Gasteiger partial charge in [0.05, 0.1) is 12.9 Å². The second-order valence-electron chi connectivity index (χ2n) is 5.82. The molecule has 20 heavy (non-hydrogen) atoms. The maximum absolute atomic E-state index is 12.1. The molecular weight excluding hydrogens is 256 g/mol. The van der Waals surface area contributed by atoms with Crippen molar-refractivity contribution in [3.63, 3.8) is 0 Å². The van der Waals surface area contributed by atoms with E-state index in [2.05, 4.69) is 5.10 Å². The Labute approximate surface area is 118 Å². The number of rotatable bonds is 5. The maximum Gasteiger partial charge on any atom is 0.243 e.